The van der Waals surface area contributed by atoms with Gasteiger partial charge in [-0.1, -0.05) is 13.0 Å². The van der Waals surface area contributed by atoms with Gasteiger partial charge in [0.2, 0.25) is 5.91 Å². The summed E-state index contributed by atoms with van der Waals surface area (Å²) in [7, 11) is 0. The van der Waals surface area contributed by atoms with Crippen LogP contribution in [0.1, 0.15) is 39.0 Å². The van der Waals surface area contributed by atoms with Crippen molar-refractivity contribution in [2.24, 2.45) is 0 Å². The molecule has 1 fully saturated rings. The number of pyridine rings is 1. The van der Waals surface area contributed by atoms with Crippen LogP contribution in [0.3, 0.4) is 0 Å². The minimum absolute atomic E-state index is 0.252. The lowest BCUT2D eigenvalue weighted by Gasteiger charge is -2.26. The Balaban J connectivity index is 1.73. The summed E-state index contributed by atoms with van der Waals surface area (Å²) in [5.74, 6) is 1.95. The first-order chi connectivity index (χ1) is 10.3. The summed E-state index contributed by atoms with van der Waals surface area (Å²) in [6.07, 6.45) is 5.15. The Hall–Kier alpha value is -1.78. The largest absolute Gasteiger partial charge is 0.370 e. The van der Waals surface area contributed by atoms with Crippen molar-refractivity contribution < 1.29 is 4.79 Å². The molecule has 5 heteroatoms. The number of hydrogen-bond acceptors (Lipinski definition) is 4. The molecular formula is C16H26N4O. The lowest BCUT2D eigenvalue weighted by molar-refractivity contribution is -0.131. The molecule has 1 aromatic heterocycles. The fourth-order valence-electron chi connectivity index (χ4n) is 2.48. The molecule has 1 aliphatic heterocycles. The summed E-state index contributed by atoms with van der Waals surface area (Å²) in [6.45, 7) is 5.53. The number of carbonyl (C=O) groups is 1. The van der Waals surface area contributed by atoms with Crippen LogP contribution in [0, 0.1) is 0 Å². The standard InChI is InChI=1S/C16H26N4O/c1-2-10-17-14-7-6-8-15(19-14)18-11-9-16(21)20-12-4-3-5-13-20/h6-8H,2-5,9-13H2,1H3,(H2,17,18,19). The molecule has 2 heterocycles. The number of amides is 1. The van der Waals surface area contributed by atoms with Crippen molar-refractivity contribution in [3.8, 4) is 0 Å². The number of piperidine rings is 1. The molecule has 5 nitrogen and oxygen atoms in total. The first kappa shape index (κ1) is 15.6. The van der Waals surface area contributed by atoms with Gasteiger partial charge in [-0.3, -0.25) is 4.79 Å². The molecule has 21 heavy (non-hydrogen) atoms. The lowest BCUT2D eigenvalue weighted by atomic mass is 10.1. The normalized spacial score (nSPS) is 14.8. The van der Waals surface area contributed by atoms with Gasteiger partial charge in [-0.15, -0.1) is 0 Å². The van der Waals surface area contributed by atoms with Crippen LogP contribution in [-0.2, 0) is 4.79 Å². The summed E-state index contributed by atoms with van der Waals surface area (Å²) in [5, 5.41) is 6.49. The van der Waals surface area contributed by atoms with E-state index in [0.717, 1.165) is 50.5 Å². The predicted octanol–water partition coefficient (Wildman–Crippen LogP) is 2.72. The van der Waals surface area contributed by atoms with E-state index in [1.165, 1.54) is 6.42 Å². The maximum absolute atomic E-state index is 12.0. The van der Waals surface area contributed by atoms with E-state index in [2.05, 4.69) is 22.5 Å². The molecule has 2 N–H and O–H groups in total. The Bertz CT molecular complexity index is 444. The van der Waals surface area contributed by atoms with Crippen molar-refractivity contribution in [1.29, 1.82) is 0 Å². The van der Waals surface area contributed by atoms with Gasteiger partial charge in [0.15, 0.2) is 0 Å². The number of anilines is 2. The van der Waals surface area contributed by atoms with Gasteiger partial charge >= 0.3 is 0 Å². The number of nitrogens with zero attached hydrogens (tertiary/aromatic N) is 2. The Labute approximate surface area is 127 Å². The van der Waals surface area contributed by atoms with Gasteiger partial charge < -0.3 is 15.5 Å². The van der Waals surface area contributed by atoms with Crippen molar-refractivity contribution in [1.82, 2.24) is 9.88 Å². The molecule has 1 aromatic rings. The van der Waals surface area contributed by atoms with Gasteiger partial charge in [0.1, 0.15) is 11.6 Å². The molecule has 0 radical (unpaired) electrons. The Kier molecular flexibility index (Phi) is 6.31. The van der Waals surface area contributed by atoms with E-state index in [1.807, 2.05) is 23.1 Å². The van der Waals surface area contributed by atoms with E-state index in [0.29, 0.717) is 13.0 Å². The van der Waals surface area contributed by atoms with Gasteiger partial charge in [0.05, 0.1) is 0 Å². The van der Waals surface area contributed by atoms with Crippen molar-refractivity contribution in [2.45, 2.75) is 39.0 Å². The zero-order chi connectivity index (χ0) is 14.9. The highest BCUT2D eigenvalue weighted by Gasteiger charge is 2.15. The maximum Gasteiger partial charge on any atom is 0.224 e. The summed E-state index contributed by atoms with van der Waals surface area (Å²) >= 11 is 0. The number of aromatic nitrogens is 1. The van der Waals surface area contributed by atoms with E-state index in [9.17, 15) is 4.79 Å². The second-order valence-corrected chi connectivity index (χ2v) is 5.45. The Morgan fingerprint density at radius 3 is 2.48 bits per heavy atom. The number of rotatable bonds is 7. The monoisotopic (exact) mass is 290 g/mol. The van der Waals surface area contributed by atoms with Crippen LogP contribution in [0.25, 0.3) is 0 Å². The van der Waals surface area contributed by atoms with Crippen molar-refractivity contribution >= 4 is 17.5 Å². The Morgan fingerprint density at radius 2 is 1.81 bits per heavy atom. The van der Waals surface area contributed by atoms with Crippen molar-refractivity contribution in [3.05, 3.63) is 18.2 Å². The molecule has 0 bridgehead atoms. The predicted molar refractivity (Wildman–Crippen MR) is 86.6 cm³/mol. The minimum Gasteiger partial charge on any atom is -0.370 e. The summed E-state index contributed by atoms with van der Waals surface area (Å²) < 4.78 is 0. The van der Waals surface area contributed by atoms with Gasteiger partial charge in [-0.25, -0.2) is 4.98 Å². The van der Waals surface area contributed by atoms with Gasteiger partial charge in [-0.05, 0) is 37.8 Å². The average Bonchev–Trinajstić information content (AvgIpc) is 2.54. The van der Waals surface area contributed by atoms with Crippen LogP contribution in [0.2, 0.25) is 0 Å². The molecule has 0 saturated carbocycles. The molecular weight excluding hydrogens is 264 g/mol. The minimum atomic E-state index is 0.252. The number of hydrogen-bond donors (Lipinski definition) is 2. The zero-order valence-electron chi connectivity index (χ0n) is 12.9. The maximum atomic E-state index is 12.0. The molecule has 2 rings (SSSR count). The highest BCUT2D eigenvalue weighted by atomic mass is 16.2. The summed E-state index contributed by atoms with van der Waals surface area (Å²) in [6, 6.07) is 5.86. The van der Waals surface area contributed by atoms with Crippen molar-refractivity contribution in [2.75, 3.05) is 36.8 Å². The molecule has 116 valence electrons. The molecule has 0 spiro atoms. The topological polar surface area (TPSA) is 57.3 Å². The number of carbonyl (C=O) groups excluding carboxylic acids is 1. The highest BCUT2D eigenvalue weighted by Crippen LogP contribution is 2.11. The lowest BCUT2D eigenvalue weighted by Crippen LogP contribution is -2.36. The van der Waals surface area contributed by atoms with Crippen LogP contribution >= 0.6 is 0 Å². The highest BCUT2D eigenvalue weighted by molar-refractivity contribution is 5.76. The second-order valence-electron chi connectivity index (χ2n) is 5.45. The van der Waals surface area contributed by atoms with Crippen LogP contribution in [0.15, 0.2) is 18.2 Å². The SMILES string of the molecule is CCCNc1cccc(NCCC(=O)N2CCCCC2)n1. The third-order valence-electron chi connectivity index (χ3n) is 3.66. The number of likely N-dealkylation sites (tertiary alicyclic amines) is 1. The van der Waals surface area contributed by atoms with Gasteiger partial charge in [-0.2, -0.15) is 0 Å². The molecule has 0 atom stereocenters. The molecule has 0 unspecified atom stereocenters. The van der Waals surface area contributed by atoms with Gasteiger partial charge in [0.25, 0.3) is 0 Å². The molecule has 0 aliphatic carbocycles. The van der Waals surface area contributed by atoms with E-state index in [-0.39, 0.29) is 5.91 Å². The smallest absolute Gasteiger partial charge is 0.224 e. The van der Waals surface area contributed by atoms with E-state index in [4.69, 9.17) is 0 Å². The molecule has 0 aromatic carbocycles. The Morgan fingerprint density at radius 1 is 1.14 bits per heavy atom. The first-order valence-corrected chi connectivity index (χ1v) is 8.02. The average molecular weight is 290 g/mol. The first-order valence-electron chi connectivity index (χ1n) is 8.02. The van der Waals surface area contributed by atoms with Crippen LogP contribution < -0.4 is 10.6 Å². The molecule has 1 aliphatic rings. The van der Waals surface area contributed by atoms with E-state index >= 15 is 0 Å². The molecule has 1 amide bonds. The fraction of sp³-hybridized carbons (Fsp3) is 0.625. The van der Waals surface area contributed by atoms with Crippen LogP contribution in [-0.4, -0.2) is 42.0 Å². The fourth-order valence-corrected chi connectivity index (χ4v) is 2.48. The second kappa shape index (κ2) is 8.49. The third-order valence-corrected chi connectivity index (χ3v) is 3.66. The summed E-state index contributed by atoms with van der Waals surface area (Å²) in [4.78, 5) is 18.5. The zero-order valence-corrected chi connectivity index (χ0v) is 12.9. The van der Waals surface area contributed by atoms with Gasteiger partial charge in [0, 0.05) is 32.6 Å². The molecule has 1 saturated heterocycles. The quantitative estimate of drug-likeness (QED) is 0.810. The van der Waals surface area contributed by atoms with Crippen LogP contribution in [0.4, 0.5) is 11.6 Å². The summed E-state index contributed by atoms with van der Waals surface area (Å²) in [5.41, 5.74) is 0. The van der Waals surface area contributed by atoms with E-state index < -0.39 is 0 Å². The third kappa shape index (κ3) is 5.25. The van der Waals surface area contributed by atoms with Crippen LogP contribution in [0.5, 0.6) is 0 Å². The number of nitrogens with one attached hydrogen (secondary N) is 2. The van der Waals surface area contributed by atoms with Crippen molar-refractivity contribution in [3.63, 3.8) is 0 Å². The van der Waals surface area contributed by atoms with E-state index in [1.54, 1.807) is 0 Å².